The molecule has 0 aromatic heterocycles. The van der Waals surface area contributed by atoms with E-state index in [4.69, 9.17) is 9.84 Å². The van der Waals surface area contributed by atoms with Gasteiger partial charge in [0.05, 0.1) is 17.5 Å². The van der Waals surface area contributed by atoms with E-state index in [1.54, 1.807) is 6.07 Å². The third-order valence-electron chi connectivity index (χ3n) is 3.42. The number of aliphatic carboxylic acids is 1. The highest BCUT2D eigenvalue weighted by Crippen LogP contribution is 2.39. The molecule has 1 aromatic rings. The number of carboxylic acids is 1. The van der Waals surface area contributed by atoms with Crippen molar-refractivity contribution in [3.8, 4) is 5.75 Å². The zero-order valence-corrected chi connectivity index (χ0v) is 12.3. The van der Waals surface area contributed by atoms with Crippen LogP contribution in [0.1, 0.15) is 23.6 Å². The maximum atomic E-state index is 14.3. The van der Waals surface area contributed by atoms with Crippen molar-refractivity contribution in [2.75, 3.05) is 13.7 Å². The molecule has 104 valence electrons. The molecule has 4 nitrogen and oxygen atoms in total. The summed E-state index contributed by atoms with van der Waals surface area (Å²) in [5.41, 5.74) is 1.21. The molecule has 1 aliphatic rings. The van der Waals surface area contributed by atoms with Gasteiger partial charge < -0.3 is 15.2 Å². The van der Waals surface area contributed by atoms with Gasteiger partial charge in [-0.2, -0.15) is 0 Å². The van der Waals surface area contributed by atoms with E-state index in [1.807, 2.05) is 6.92 Å². The molecule has 6 heteroatoms. The first-order chi connectivity index (χ1) is 8.95. The first-order valence-corrected chi connectivity index (χ1v) is 6.73. The van der Waals surface area contributed by atoms with Crippen LogP contribution in [0.15, 0.2) is 10.5 Å². The minimum Gasteiger partial charge on any atom is -0.496 e. The number of ether oxygens (including phenoxy) is 1. The molecular weight excluding hydrogens is 317 g/mol. The summed E-state index contributed by atoms with van der Waals surface area (Å²) in [6.07, 6.45) is 0.360. The van der Waals surface area contributed by atoms with Crippen LogP contribution in [0.4, 0.5) is 4.39 Å². The fourth-order valence-electron chi connectivity index (χ4n) is 2.49. The highest BCUT2D eigenvalue weighted by molar-refractivity contribution is 9.10. The Kier molecular flexibility index (Phi) is 4.10. The number of hydrogen-bond donors (Lipinski definition) is 2. The topological polar surface area (TPSA) is 58.6 Å². The van der Waals surface area contributed by atoms with Gasteiger partial charge in [-0.05, 0) is 40.9 Å². The second-order valence-electron chi connectivity index (χ2n) is 4.67. The van der Waals surface area contributed by atoms with Crippen LogP contribution in [-0.2, 0) is 4.79 Å². The predicted molar refractivity (Wildman–Crippen MR) is 71.9 cm³/mol. The number of carbonyl (C=O) groups is 1. The van der Waals surface area contributed by atoms with Crippen LogP contribution in [0.5, 0.6) is 5.75 Å². The molecule has 1 aliphatic heterocycles. The van der Waals surface area contributed by atoms with Crippen LogP contribution in [-0.4, -0.2) is 24.7 Å². The SMILES string of the molecule is COc1c(C)cc(Br)c(F)c1C1CC(C(=O)O)CN1. The smallest absolute Gasteiger partial charge is 0.307 e. The second kappa shape index (κ2) is 5.46. The number of nitrogens with one attached hydrogen (secondary N) is 1. The summed E-state index contributed by atoms with van der Waals surface area (Å²) < 4.78 is 19.9. The van der Waals surface area contributed by atoms with Crippen molar-refractivity contribution in [2.45, 2.75) is 19.4 Å². The normalized spacial score (nSPS) is 22.5. The first-order valence-electron chi connectivity index (χ1n) is 5.94. The van der Waals surface area contributed by atoms with Gasteiger partial charge in [-0.3, -0.25) is 4.79 Å². The molecule has 0 radical (unpaired) electrons. The molecule has 1 fully saturated rings. The summed E-state index contributed by atoms with van der Waals surface area (Å²) in [5.74, 6) is -1.27. The molecule has 1 aromatic carbocycles. The largest absolute Gasteiger partial charge is 0.496 e. The standard InChI is InChI=1S/C13H15BrFNO3/c1-6-3-8(14)11(15)10(12(6)19-2)9-4-7(5-16-9)13(17)18/h3,7,9,16H,4-5H2,1-2H3,(H,17,18). The van der Waals surface area contributed by atoms with E-state index >= 15 is 0 Å². The summed E-state index contributed by atoms with van der Waals surface area (Å²) in [6.45, 7) is 2.17. The Labute approximate surface area is 119 Å². The monoisotopic (exact) mass is 331 g/mol. The predicted octanol–water partition coefficient (Wildman–Crippen LogP) is 2.64. The van der Waals surface area contributed by atoms with Gasteiger partial charge in [0, 0.05) is 18.2 Å². The van der Waals surface area contributed by atoms with E-state index < -0.39 is 17.7 Å². The van der Waals surface area contributed by atoms with Crippen LogP contribution in [0.25, 0.3) is 0 Å². The molecular formula is C13H15BrFNO3. The zero-order chi connectivity index (χ0) is 14.2. The third-order valence-corrected chi connectivity index (χ3v) is 4.00. The fraction of sp³-hybridized carbons (Fsp3) is 0.462. The van der Waals surface area contributed by atoms with E-state index in [9.17, 15) is 9.18 Å². The Morgan fingerprint density at radius 3 is 2.84 bits per heavy atom. The summed E-state index contributed by atoms with van der Waals surface area (Å²) in [6, 6.07) is 1.31. The number of rotatable bonds is 3. The van der Waals surface area contributed by atoms with Gasteiger partial charge in [-0.25, -0.2) is 4.39 Å². The van der Waals surface area contributed by atoms with Gasteiger partial charge in [0.1, 0.15) is 11.6 Å². The lowest BCUT2D eigenvalue weighted by atomic mass is 9.97. The van der Waals surface area contributed by atoms with Gasteiger partial charge in [0.2, 0.25) is 0 Å². The summed E-state index contributed by atoms with van der Waals surface area (Å²) in [4.78, 5) is 11.0. The molecule has 2 unspecified atom stereocenters. The molecule has 2 rings (SSSR count). The molecule has 0 spiro atoms. The van der Waals surface area contributed by atoms with Crippen molar-refractivity contribution in [1.29, 1.82) is 0 Å². The molecule has 1 heterocycles. The van der Waals surface area contributed by atoms with E-state index in [0.717, 1.165) is 5.56 Å². The number of halogens is 2. The van der Waals surface area contributed by atoms with Crippen molar-refractivity contribution in [3.63, 3.8) is 0 Å². The average Bonchev–Trinajstić information content (AvgIpc) is 2.82. The lowest BCUT2D eigenvalue weighted by molar-refractivity contribution is -0.141. The number of methoxy groups -OCH3 is 1. The van der Waals surface area contributed by atoms with E-state index in [0.29, 0.717) is 28.8 Å². The highest BCUT2D eigenvalue weighted by Gasteiger charge is 2.34. The molecule has 0 bridgehead atoms. The summed E-state index contributed by atoms with van der Waals surface area (Å²) in [7, 11) is 1.49. The minimum atomic E-state index is -0.860. The van der Waals surface area contributed by atoms with Crippen LogP contribution in [0.3, 0.4) is 0 Å². The van der Waals surface area contributed by atoms with Crippen molar-refractivity contribution >= 4 is 21.9 Å². The Morgan fingerprint density at radius 2 is 2.32 bits per heavy atom. The third kappa shape index (κ3) is 2.60. The lowest BCUT2D eigenvalue weighted by Gasteiger charge is -2.19. The highest BCUT2D eigenvalue weighted by atomic mass is 79.9. The van der Waals surface area contributed by atoms with E-state index in [2.05, 4.69) is 21.2 Å². The quantitative estimate of drug-likeness (QED) is 0.893. The Hall–Kier alpha value is -1.14. The molecule has 0 aliphatic carbocycles. The Balaban J connectivity index is 2.42. The molecule has 2 N–H and O–H groups in total. The van der Waals surface area contributed by atoms with Gasteiger partial charge >= 0.3 is 5.97 Å². The molecule has 2 atom stereocenters. The summed E-state index contributed by atoms with van der Waals surface area (Å²) in [5, 5.41) is 12.1. The second-order valence-corrected chi connectivity index (χ2v) is 5.52. The zero-order valence-electron chi connectivity index (χ0n) is 10.7. The Bertz CT molecular complexity index is 521. The van der Waals surface area contributed by atoms with Gasteiger partial charge in [-0.1, -0.05) is 0 Å². The maximum absolute atomic E-state index is 14.3. The molecule has 0 saturated carbocycles. The van der Waals surface area contributed by atoms with Crippen molar-refractivity contribution in [1.82, 2.24) is 5.32 Å². The van der Waals surface area contributed by atoms with Crippen LogP contribution >= 0.6 is 15.9 Å². The number of aryl methyl sites for hydroxylation is 1. The first kappa shape index (κ1) is 14.3. The van der Waals surface area contributed by atoms with E-state index in [1.165, 1.54) is 7.11 Å². The average molecular weight is 332 g/mol. The summed E-state index contributed by atoms with van der Waals surface area (Å²) >= 11 is 3.18. The van der Waals surface area contributed by atoms with Crippen LogP contribution in [0.2, 0.25) is 0 Å². The fourth-order valence-corrected chi connectivity index (χ4v) is 3.04. The maximum Gasteiger partial charge on any atom is 0.307 e. The molecule has 1 saturated heterocycles. The van der Waals surface area contributed by atoms with Gasteiger partial charge in [0.15, 0.2) is 0 Å². The molecule has 19 heavy (non-hydrogen) atoms. The lowest BCUT2D eigenvalue weighted by Crippen LogP contribution is -2.18. The minimum absolute atomic E-state index is 0.341. The van der Waals surface area contributed by atoms with Crippen LogP contribution in [0, 0.1) is 18.7 Å². The van der Waals surface area contributed by atoms with Crippen molar-refractivity contribution in [3.05, 3.63) is 27.5 Å². The number of benzene rings is 1. The van der Waals surface area contributed by atoms with Crippen molar-refractivity contribution < 1.29 is 19.0 Å². The number of hydrogen-bond acceptors (Lipinski definition) is 3. The number of carboxylic acid groups (broad SMARTS) is 1. The van der Waals surface area contributed by atoms with E-state index in [-0.39, 0.29) is 6.04 Å². The van der Waals surface area contributed by atoms with Crippen molar-refractivity contribution in [2.24, 2.45) is 5.92 Å². The van der Waals surface area contributed by atoms with Gasteiger partial charge in [-0.15, -0.1) is 0 Å². The van der Waals surface area contributed by atoms with Crippen LogP contribution < -0.4 is 10.1 Å². The molecule has 0 amide bonds. The van der Waals surface area contributed by atoms with Gasteiger partial charge in [0.25, 0.3) is 0 Å². The Morgan fingerprint density at radius 1 is 1.63 bits per heavy atom.